The molecule has 0 amide bonds. The highest BCUT2D eigenvalue weighted by Crippen LogP contribution is 2.25. The molecule has 0 bridgehead atoms. The molecule has 0 atom stereocenters. The van der Waals surface area contributed by atoms with Crippen molar-refractivity contribution in [2.75, 3.05) is 26.2 Å². The number of hydrogen-bond donors (Lipinski definition) is 1. The van der Waals surface area contributed by atoms with Crippen LogP contribution in [0.3, 0.4) is 0 Å². The number of fused-ring (bicyclic) bond motifs is 1. The standard InChI is InChI=1S/C17H20N2O/c20-17-8-7-14-5-1-2-6-15(14)16(17)13-18-9-12-19-10-3-4-11-19/h1-2,5-8,13,20H,3-4,9-12H2. The van der Waals surface area contributed by atoms with Gasteiger partial charge in [-0.1, -0.05) is 30.3 Å². The molecule has 2 aromatic rings. The Balaban J connectivity index is 1.74. The second kappa shape index (κ2) is 6.06. The van der Waals surface area contributed by atoms with Crippen LogP contribution in [0.25, 0.3) is 10.8 Å². The first-order valence-electron chi connectivity index (χ1n) is 7.27. The number of phenolic OH excluding ortho intramolecular Hbond substituents is 1. The SMILES string of the molecule is Oc1ccc2ccccc2c1C=NCCN1CCCC1. The van der Waals surface area contributed by atoms with Gasteiger partial charge in [-0.15, -0.1) is 0 Å². The van der Waals surface area contributed by atoms with Crippen molar-refractivity contribution < 1.29 is 5.11 Å². The number of aliphatic imine (C=N–C) groups is 1. The Bertz CT molecular complexity index is 615. The molecule has 2 aromatic carbocycles. The Kier molecular flexibility index (Phi) is 3.97. The Morgan fingerprint density at radius 3 is 2.75 bits per heavy atom. The molecule has 1 aliphatic heterocycles. The minimum Gasteiger partial charge on any atom is -0.507 e. The molecule has 3 rings (SSSR count). The summed E-state index contributed by atoms with van der Waals surface area (Å²) in [7, 11) is 0. The van der Waals surface area contributed by atoms with Gasteiger partial charge in [0.25, 0.3) is 0 Å². The predicted molar refractivity (Wildman–Crippen MR) is 83.7 cm³/mol. The second-order valence-electron chi connectivity index (χ2n) is 5.30. The molecule has 0 radical (unpaired) electrons. The molecule has 0 aliphatic carbocycles. The molecule has 20 heavy (non-hydrogen) atoms. The zero-order chi connectivity index (χ0) is 13.8. The lowest BCUT2D eigenvalue weighted by molar-refractivity contribution is 0.349. The summed E-state index contributed by atoms with van der Waals surface area (Å²) in [4.78, 5) is 6.93. The van der Waals surface area contributed by atoms with Gasteiger partial charge in [0.2, 0.25) is 0 Å². The van der Waals surface area contributed by atoms with Gasteiger partial charge < -0.3 is 10.0 Å². The van der Waals surface area contributed by atoms with Crippen molar-refractivity contribution >= 4 is 17.0 Å². The lowest BCUT2D eigenvalue weighted by atomic mass is 10.0. The first kappa shape index (κ1) is 13.1. The van der Waals surface area contributed by atoms with Crippen molar-refractivity contribution in [2.45, 2.75) is 12.8 Å². The predicted octanol–water partition coefficient (Wildman–Crippen LogP) is 3.06. The van der Waals surface area contributed by atoms with Gasteiger partial charge in [0.05, 0.1) is 6.54 Å². The van der Waals surface area contributed by atoms with Crippen LogP contribution < -0.4 is 0 Å². The summed E-state index contributed by atoms with van der Waals surface area (Å²) in [6.07, 6.45) is 4.44. The van der Waals surface area contributed by atoms with E-state index >= 15 is 0 Å². The highest BCUT2D eigenvalue weighted by Gasteiger charge is 2.10. The Morgan fingerprint density at radius 1 is 1.10 bits per heavy atom. The fourth-order valence-corrected chi connectivity index (χ4v) is 2.78. The van der Waals surface area contributed by atoms with E-state index in [0.29, 0.717) is 5.75 Å². The zero-order valence-electron chi connectivity index (χ0n) is 11.6. The summed E-state index contributed by atoms with van der Waals surface area (Å²) in [6, 6.07) is 11.8. The first-order valence-corrected chi connectivity index (χ1v) is 7.27. The molecular weight excluding hydrogens is 248 g/mol. The molecule has 1 heterocycles. The summed E-state index contributed by atoms with van der Waals surface area (Å²) in [5, 5.41) is 12.2. The van der Waals surface area contributed by atoms with E-state index in [0.717, 1.165) is 29.4 Å². The van der Waals surface area contributed by atoms with Gasteiger partial charge in [0.1, 0.15) is 5.75 Å². The molecular formula is C17H20N2O. The van der Waals surface area contributed by atoms with E-state index in [1.807, 2.05) is 30.5 Å². The minimum absolute atomic E-state index is 0.300. The maximum atomic E-state index is 10.0. The van der Waals surface area contributed by atoms with Gasteiger partial charge in [0, 0.05) is 18.3 Å². The van der Waals surface area contributed by atoms with Crippen LogP contribution in [-0.4, -0.2) is 42.4 Å². The average molecular weight is 268 g/mol. The lowest BCUT2D eigenvalue weighted by Gasteiger charge is -2.11. The van der Waals surface area contributed by atoms with Crippen LogP contribution in [0.15, 0.2) is 41.4 Å². The molecule has 104 valence electrons. The van der Waals surface area contributed by atoms with Crippen molar-refractivity contribution in [3.8, 4) is 5.75 Å². The first-order chi connectivity index (χ1) is 9.84. The van der Waals surface area contributed by atoms with Crippen LogP contribution in [0.4, 0.5) is 0 Å². The number of rotatable bonds is 4. The quantitative estimate of drug-likeness (QED) is 0.865. The van der Waals surface area contributed by atoms with Crippen molar-refractivity contribution in [1.29, 1.82) is 0 Å². The van der Waals surface area contributed by atoms with Crippen LogP contribution in [-0.2, 0) is 0 Å². The molecule has 3 heteroatoms. The molecule has 1 fully saturated rings. The molecule has 1 saturated heterocycles. The van der Waals surface area contributed by atoms with Gasteiger partial charge in [-0.2, -0.15) is 0 Å². The van der Waals surface area contributed by atoms with Crippen LogP contribution in [0.2, 0.25) is 0 Å². The van der Waals surface area contributed by atoms with Crippen molar-refractivity contribution in [3.63, 3.8) is 0 Å². The third-order valence-corrected chi connectivity index (χ3v) is 3.91. The largest absolute Gasteiger partial charge is 0.507 e. The lowest BCUT2D eigenvalue weighted by Crippen LogP contribution is -2.22. The summed E-state index contributed by atoms with van der Waals surface area (Å²) in [6.45, 7) is 4.22. The number of nitrogens with zero attached hydrogens (tertiary/aromatic N) is 2. The Labute approximate surface area is 119 Å². The molecule has 0 unspecified atom stereocenters. The van der Waals surface area contributed by atoms with Crippen molar-refractivity contribution in [3.05, 3.63) is 42.0 Å². The topological polar surface area (TPSA) is 35.8 Å². The van der Waals surface area contributed by atoms with Crippen molar-refractivity contribution in [2.24, 2.45) is 4.99 Å². The molecule has 0 spiro atoms. The van der Waals surface area contributed by atoms with E-state index in [2.05, 4.69) is 16.0 Å². The van der Waals surface area contributed by atoms with Gasteiger partial charge in [-0.3, -0.25) is 4.99 Å². The van der Waals surface area contributed by atoms with E-state index in [1.54, 1.807) is 6.07 Å². The minimum atomic E-state index is 0.300. The van der Waals surface area contributed by atoms with Crippen molar-refractivity contribution in [1.82, 2.24) is 4.90 Å². The molecule has 3 nitrogen and oxygen atoms in total. The average Bonchev–Trinajstić information content (AvgIpc) is 2.98. The highest BCUT2D eigenvalue weighted by atomic mass is 16.3. The maximum absolute atomic E-state index is 10.0. The van der Waals surface area contributed by atoms with Gasteiger partial charge in [-0.05, 0) is 42.8 Å². The maximum Gasteiger partial charge on any atom is 0.124 e. The van der Waals surface area contributed by atoms with E-state index in [9.17, 15) is 5.11 Å². The summed E-state index contributed by atoms with van der Waals surface area (Å²) < 4.78 is 0. The van der Waals surface area contributed by atoms with E-state index < -0.39 is 0 Å². The number of aromatic hydroxyl groups is 1. The van der Waals surface area contributed by atoms with E-state index in [-0.39, 0.29) is 0 Å². The zero-order valence-corrected chi connectivity index (χ0v) is 11.6. The number of likely N-dealkylation sites (tertiary alicyclic amines) is 1. The van der Waals surface area contributed by atoms with E-state index in [4.69, 9.17) is 0 Å². The number of hydrogen-bond acceptors (Lipinski definition) is 3. The second-order valence-corrected chi connectivity index (χ2v) is 5.30. The van der Waals surface area contributed by atoms with Crippen LogP contribution >= 0.6 is 0 Å². The van der Waals surface area contributed by atoms with E-state index in [1.165, 1.54) is 25.9 Å². The smallest absolute Gasteiger partial charge is 0.124 e. The van der Waals surface area contributed by atoms with Gasteiger partial charge >= 0.3 is 0 Å². The van der Waals surface area contributed by atoms with Gasteiger partial charge in [0.15, 0.2) is 0 Å². The monoisotopic (exact) mass is 268 g/mol. The Morgan fingerprint density at radius 2 is 1.90 bits per heavy atom. The fourth-order valence-electron chi connectivity index (χ4n) is 2.78. The third-order valence-electron chi connectivity index (χ3n) is 3.91. The number of phenols is 1. The van der Waals surface area contributed by atoms with Crippen LogP contribution in [0.1, 0.15) is 18.4 Å². The third kappa shape index (κ3) is 2.83. The van der Waals surface area contributed by atoms with Gasteiger partial charge in [-0.25, -0.2) is 0 Å². The molecule has 1 aliphatic rings. The fraction of sp³-hybridized carbons (Fsp3) is 0.353. The molecule has 0 saturated carbocycles. The number of benzene rings is 2. The molecule has 0 aromatic heterocycles. The van der Waals surface area contributed by atoms with Crippen LogP contribution in [0, 0.1) is 0 Å². The summed E-state index contributed by atoms with van der Waals surface area (Å²) >= 11 is 0. The highest BCUT2D eigenvalue weighted by molar-refractivity contribution is 6.02. The normalized spacial score (nSPS) is 16.4. The molecule has 1 N–H and O–H groups in total. The van der Waals surface area contributed by atoms with Crippen LogP contribution in [0.5, 0.6) is 5.75 Å². The summed E-state index contributed by atoms with van der Waals surface area (Å²) in [5.41, 5.74) is 0.824. The summed E-state index contributed by atoms with van der Waals surface area (Å²) in [5.74, 6) is 0.300. The Hall–Kier alpha value is -1.87.